The Balaban J connectivity index is 1.38. The third kappa shape index (κ3) is 6.02. The smallest absolute Gasteiger partial charge is 0.217 e. The molecule has 1 aromatic heterocycles. The molecule has 0 bridgehead atoms. The molecule has 2 saturated heterocycles. The minimum absolute atomic E-state index is 0.172. The highest BCUT2D eigenvalue weighted by molar-refractivity contribution is 7.71. The van der Waals surface area contributed by atoms with E-state index in [-0.39, 0.29) is 18.4 Å². The van der Waals surface area contributed by atoms with Gasteiger partial charge in [0.15, 0.2) is 4.77 Å². The molecule has 1 atom stereocenters. The van der Waals surface area contributed by atoms with Crippen molar-refractivity contribution in [1.29, 1.82) is 0 Å². The molecule has 1 aromatic carbocycles. The molecule has 168 valence electrons. The van der Waals surface area contributed by atoms with Gasteiger partial charge >= 0.3 is 0 Å². The fourth-order valence-corrected chi connectivity index (χ4v) is 4.92. The van der Waals surface area contributed by atoms with Crippen molar-refractivity contribution in [3.8, 4) is 0 Å². The van der Waals surface area contributed by atoms with Gasteiger partial charge in [-0.25, -0.2) is 4.68 Å². The molecule has 2 aliphatic rings. The number of aryl methyl sites for hydroxylation is 1. The summed E-state index contributed by atoms with van der Waals surface area (Å²) < 4.78 is 10.5. The zero-order valence-corrected chi connectivity index (χ0v) is 18.9. The number of ether oxygens (including phenoxy) is 1. The van der Waals surface area contributed by atoms with Crippen molar-refractivity contribution in [1.82, 2.24) is 19.2 Å². The molecule has 8 heteroatoms. The van der Waals surface area contributed by atoms with Crippen molar-refractivity contribution in [3.05, 3.63) is 46.5 Å². The van der Waals surface area contributed by atoms with Gasteiger partial charge in [-0.1, -0.05) is 30.3 Å². The van der Waals surface area contributed by atoms with Gasteiger partial charge in [0.1, 0.15) is 5.82 Å². The molecule has 0 aliphatic carbocycles. The molecule has 1 amide bonds. The van der Waals surface area contributed by atoms with Gasteiger partial charge in [0.2, 0.25) is 5.91 Å². The van der Waals surface area contributed by atoms with Crippen LogP contribution in [0.4, 0.5) is 0 Å². The molecular formula is C23H33N5O2S. The van der Waals surface area contributed by atoms with Gasteiger partial charge in [-0.2, -0.15) is 5.10 Å². The fraction of sp³-hybridized carbons (Fsp3) is 0.609. The number of nitrogens with zero attached hydrogens (tertiary/aromatic N) is 4. The van der Waals surface area contributed by atoms with Gasteiger partial charge in [-0.05, 0) is 55.8 Å². The maximum absolute atomic E-state index is 11.3. The zero-order chi connectivity index (χ0) is 21.6. The molecule has 31 heavy (non-hydrogen) atoms. The van der Waals surface area contributed by atoms with Gasteiger partial charge in [0.25, 0.3) is 0 Å². The summed E-state index contributed by atoms with van der Waals surface area (Å²) in [5.74, 6) is 1.25. The van der Waals surface area contributed by atoms with Crippen LogP contribution in [0.1, 0.15) is 43.5 Å². The number of benzene rings is 1. The molecule has 2 aromatic rings. The second-order valence-corrected chi connectivity index (χ2v) is 9.17. The lowest BCUT2D eigenvalue weighted by Gasteiger charge is -2.31. The van der Waals surface area contributed by atoms with E-state index in [4.69, 9.17) is 27.8 Å². The van der Waals surface area contributed by atoms with E-state index >= 15 is 0 Å². The Morgan fingerprint density at radius 1 is 1.19 bits per heavy atom. The molecule has 2 fully saturated rings. The summed E-state index contributed by atoms with van der Waals surface area (Å²) in [5.41, 5.74) is 6.80. The first kappa shape index (κ1) is 22.2. The maximum atomic E-state index is 11.3. The van der Waals surface area contributed by atoms with E-state index in [2.05, 4.69) is 39.8 Å². The number of carbonyl (C=O) groups is 1. The first-order valence-corrected chi connectivity index (χ1v) is 11.8. The molecule has 1 unspecified atom stereocenters. The average Bonchev–Trinajstić information content (AvgIpc) is 3.38. The molecular weight excluding hydrogens is 410 g/mol. The second-order valence-electron chi connectivity index (χ2n) is 8.80. The average molecular weight is 444 g/mol. The second kappa shape index (κ2) is 10.5. The van der Waals surface area contributed by atoms with Crippen molar-refractivity contribution in [2.75, 3.05) is 19.7 Å². The molecule has 2 N–H and O–H groups in total. The summed E-state index contributed by atoms with van der Waals surface area (Å²) >= 11 is 5.77. The third-order valence-electron chi connectivity index (χ3n) is 6.41. The summed E-state index contributed by atoms with van der Waals surface area (Å²) in [7, 11) is 0. The largest absolute Gasteiger partial charge is 0.376 e. The summed E-state index contributed by atoms with van der Waals surface area (Å²) in [6, 6.07) is 10.8. The molecule has 2 aliphatic heterocycles. The molecule has 7 nitrogen and oxygen atoms in total. The van der Waals surface area contributed by atoms with Gasteiger partial charge in [0, 0.05) is 32.5 Å². The van der Waals surface area contributed by atoms with E-state index in [1.807, 2.05) is 4.68 Å². The summed E-state index contributed by atoms with van der Waals surface area (Å²) in [4.78, 5) is 13.7. The standard InChI is InChI=1S/C23H33N5O2S/c24-21(29)8-9-22-25-28(23(31)27(22)16-20-7-4-14-30-20)17-26-12-10-19(11-13-26)15-18-5-2-1-3-6-18/h1-3,5-6,19-20H,4,7-17H2,(H2,24,29). The number of hydrogen-bond donors (Lipinski definition) is 1. The first-order chi connectivity index (χ1) is 15.1. The number of nitrogens with two attached hydrogens (primary N) is 1. The van der Waals surface area contributed by atoms with Crippen LogP contribution >= 0.6 is 12.2 Å². The van der Waals surface area contributed by atoms with Crippen molar-refractivity contribution in [2.45, 2.75) is 64.3 Å². The quantitative estimate of drug-likeness (QED) is 0.603. The zero-order valence-electron chi connectivity index (χ0n) is 18.1. The summed E-state index contributed by atoms with van der Waals surface area (Å²) in [6.45, 7) is 4.30. The van der Waals surface area contributed by atoms with E-state index in [1.165, 1.54) is 18.4 Å². The Bertz CT molecular complexity index is 912. The molecule has 0 saturated carbocycles. The van der Waals surface area contributed by atoms with Crippen LogP contribution in [0.5, 0.6) is 0 Å². The number of rotatable bonds is 9. The molecule has 3 heterocycles. The van der Waals surface area contributed by atoms with E-state index < -0.39 is 0 Å². The predicted molar refractivity (Wildman–Crippen MR) is 122 cm³/mol. The van der Waals surface area contributed by atoms with Gasteiger partial charge < -0.3 is 15.0 Å². The predicted octanol–water partition coefficient (Wildman–Crippen LogP) is 2.92. The lowest BCUT2D eigenvalue weighted by atomic mass is 9.90. The third-order valence-corrected chi connectivity index (χ3v) is 6.84. The van der Waals surface area contributed by atoms with Gasteiger partial charge in [-0.3, -0.25) is 9.69 Å². The van der Waals surface area contributed by atoms with Crippen LogP contribution in [0.15, 0.2) is 30.3 Å². The summed E-state index contributed by atoms with van der Waals surface area (Å²) in [5, 5.41) is 4.78. The van der Waals surface area contributed by atoms with Crippen molar-refractivity contribution in [2.24, 2.45) is 11.7 Å². The van der Waals surface area contributed by atoms with Crippen LogP contribution in [0.2, 0.25) is 0 Å². The lowest BCUT2D eigenvalue weighted by Crippen LogP contribution is -2.36. The minimum atomic E-state index is -0.315. The molecule has 4 rings (SSSR count). The molecule has 0 radical (unpaired) electrons. The van der Waals surface area contributed by atoms with Crippen molar-refractivity contribution >= 4 is 18.1 Å². The Morgan fingerprint density at radius 2 is 1.97 bits per heavy atom. The number of primary amides is 1. The first-order valence-electron chi connectivity index (χ1n) is 11.4. The highest BCUT2D eigenvalue weighted by Crippen LogP contribution is 2.22. The van der Waals surface area contributed by atoms with Gasteiger partial charge in [0.05, 0.1) is 19.3 Å². The Hall–Kier alpha value is -2.03. The minimum Gasteiger partial charge on any atom is -0.376 e. The van der Waals surface area contributed by atoms with Crippen LogP contribution in [0, 0.1) is 10.7 Å². The number of hydrogen-bond acceptors (Lipinski definition) is 5. The fourth-order valence-electron chi connectivity index (χ4n) is 4.64. The number of carbonyl (C=O) groups excluding carboxylic acids is 1. The van der Waals surface area contributed by atoms with Crippen LogP contribution in [0.25, 0.3) is 0 Å². The highest BCUT2D eigenvalue weighted by atomic mass is 32.1. The van der Waals surface area contributed by atoms with Gasteiger partial charge in [-0.15, -0.1) is 0 Å². The van der Waals surface area contributed by atoms with E-state index in [1.54, 1.807) is 0 Å². The van der Waals surface area contributed by atoms with Crippen molar-refractivity contribution in [3.63, 3.8) is 0 Å². The highest BCUT2D eigenvalue weighted by Gasteiger charge is 2.23. The van der Waals surface area contributed by atoms with Crippen molar-refractivity contribution < 1.29 is 9.53 Å². The van der Waals surface area contributed by atoms with E-state index in [0.29, 0.717) is 24.4 Å². The number of amides is 1. The number of likely N-dealkylation sites (tertiary alicyclic amines) is 1. The van der Waals surface area contributed by atoms with Crippen LogP contribution in [-0.2, 0) is 35.6 Å². The lowest BCUT2D eigenvalue weighted by molar-refractivity contribution is -0.118. The number of aromatic nitrogens is 3. The normalized spacial score (nSPS) is 20.3. The maximum Gasteiger partial charge on any atom is 0.217 e. The Kier molecular flexibility index (Phi) is 7.53. The van der Waals surface area contributed by atoms with Crippen LogP contribution in [0.3, 0.4) is 0 Å². The Labute approximate surface area is 189 Å². The van der Waals surface area contributed by atoms with Crippen LogP contribution in [-0.4, -0.2) is 51.0 Å². The van der Waals surface area contributed by atoms with E-state index in [0.717, 1.165) is 50.7 Å². The monoisotopic (exact) mass is 443 g/mol. The van der Waals surface area contributed by atoms with E-state index in [9.17, 15) is 4.79 Å². The Morgan fingerprint density at radius 3 is 2.65 bits per heavy atom. The summed E-state index contributed by atoms with van der Waals surface area (Å²) in [6.07, 6.45) is 6.62. The molecule has 0 spiro atoms. The number of piperidine rings is 1. The van der Waals surface area contributed by atoms with Crippen LogP contribution < -0.4 is 5.73 Å². The topological polar surface area (TPSA) is 78.3 Å². The SMILES string of the molecule is NC(=O)CCc1nn(CN2CCC(Cc3ccccc3)CC2)c(=S)n1CC1CCCO1.